The van der Waals surface area contributed by atoms with Crippen LogP contribution in [0.2, 0.25) is 0 Å². The van der Waals surface area contributed by atoms with Crippen molar-refractivity contribution in [1.29, 1.82) is 0 Å². The van der Waals surface area contributed by atoms with Crippen LogP contribution in [0.5, 0.6) is 0 Å². The van der Waals surface area contributed by atoms with Crippen molar-refractivity contribution in [2.24, 2.45) is 0 Å². The fraction of sp³-hybridized carbons (Fsp3) is 0.227. The molecule has 0 aliphatic carbocycles. The summed E-state index contributed by atoms with van der Waals surface area (Å²) in [7, 11) is 0. The second-order valence-corrected chi connectivity index (χ2v) is 9.15. The number of amides is 3. The summed E-state index contributed by atoms with van der Waals surface area (Å²) in [6, 6.07) is 14.1. The zero-order chi connectivity index (χ0) is 22.7. The molecule has 0 unspecified atom stereocenters. The summed E-state index contributed by atoms with van der Waals surface area (Å²) in [5.41, 5.74) is 3.90. The molecule has 8 nitrogen and oxygen atoms in total. The molecule has 166 valence electrons. The van der Waals surface area contributed by atoms with Crippen LogP contribution in [-0.4, -0.2) is 41.7 Å². The Bertz CT molecular complexity index is 1170. The van der Waals surface area contributed by atoms with Crippen molar-refractivity contribution in [3.8, 4) is 0 Å². The number of hydrogen-bond donors (Lipinski definition) is 3. The van der Waals surface area contributed by atoms with Gasteiger partial charge in [-0.25, -0.2) is 4.68 Å². The molecule has 0 radical (unpaired) electrons. The summed E-state index contributed by atoms with van der Waals surface area (Å²) < 4.78 is 8.49. The van der Waals surface area contributed by atoms with E-state index in [1.165, 1.54) is 4.68 Å². The van der Waals surface area contributed by atoms with E-state index in [4.69, 9.17) is 4.74 Å². The molecule has 10 heteroatoms. The van der Waals surface area contributed by atoms with Crippen LogP contribution in [0.3, 0.4) is 0 Å². The molecule has 4 rings (SSSR count). The van der Waals surface area contributed by atoms with E-state index < -0.39 is 17.7 Å². The van der Waals surface area contributed by atoms with Gasteiger partial charge in [0.15, 0.2) is 0 Å². The van der Waals surface area contributed by atoms with Crippen molar-refractivity contribution in [2.75, 3.05) is 23.9 Å². The molecule has 0 bridgehead atoms. The van der Waals surface area contributed by atoms with Gasteiger partial charge in [-0.15, -0.1) is 0 Å². The largest absolute Gasteiger partial charge is 0.376 e. The third-order valence-electron chi connectivity index (χ3n) is 5.03. The van der Waals surface area contributed by atoms with Crippen LogP contribution >= 0.6 is 31.9 Å². The molecular weight excluding hydrogens is 544 g/mol. The molecule has 0 saturated carbocycles. The number of hydrogen-bond acceptors (Lipinski definition) is 4. The molecule has 1 aliphatic heterocycles. The summed E-state index contributed by atoms with van der Waals surface area (Å²) in [6.07, 6.45) is 1.71. The van der Waals surface area contributed by atoms with Gasteiger partial charge in [-0.1, -0.05) is 31.9 Å². The van der Waals surface area contributed by atoms with Gasteiger partial charge in [-0.2, -0.15) is 0 Å². The third-order valence-corrected chi connectivity index (χ3v) is 6.05. The first kappa shape index (κ1) is 22.5. The normalized spacial score (nSPS) is 15.5. The van der Waals surface area contributed by atoms with E-state index in [2.05, 4.69) is 47.9 Å². The molecule has 1 atom stereocenters. The van der Waals surface area contributed by atoms with Crippen molar-refractivity contribution in [3.63, 3.8) is 0 Å². The lowest BCUT2D eigenvalue weighted by Gasteiger charge is -2.14. The Labute approximate surface area is 200 Å². The van der Waals surface area contributed by atoms with Crippen LogP contribution in [-0.2, 0) is 14.3 Å². The fourth-order valence-electron chi connectivity index (χ4n) is 3.45. The van der Waals surface area contributed by atoms with Crippen molar-refractivity contribution in [1.82, 2.24) is 9.99 Å². The Kier molecular flexibility index (Phi) is 6.92. The molecule has 3 aromatic rings. The Morgan fingerprint density at radius 2 is 1.75 bits per heavy atom. The number of aromatic nitrogens is 1. The minimum absolute atomic E-state index is 0.0799. The maximum absolute atomic E-state index is 13.0. The number of benzene rings is 2. The average molecular weight is 564 g/mol. The lowest BCUT2D eigenvalue weighted by molar-refractivity contribution is -0.136. The number of fused-ring (bicyclic) bond motifs is 1. The maximum atomic E-state index is 13.0. The van der Waals surface area contributed by atoms with E-state index in [0.717, 1.165) is 27.2 Å². The van der Waals surface area contributed by atoms with Gasteiger partial charge in [-0.05, 0) is 61.4 Å². The minimum atomic E-state index is -0.874. The first-order valence-corrected chi connectivity index (χ1v) is 11.6. The number of rotatable bonds is 5. The molecule has 32 heavy (non-hydrogen) atoms. The zero-order valence-electron chi connectivity index (χ0n) is 16.9. The van der Waals surface area contributed by atoms with Crippen LogP contribution in [0.25, 0.3) is 10.9 Å². The van der Waals surface area contributed by atoms with Crippen molar-refractivity contribution >= 4 is 66.2 Å². The Morgan fingerprint density at radius 3 is 2.47 bits per heavy atom. The second kappa shape index (κ2) is 9.85. The van der Waals surface area contributed by atoms with Gasteiger partial charge in [-0.3, -0.25) is 19.8 Å². The lowest BCUT2D eigenvalue weighted by Crippen LogP contribution is -2.42. The number of ether oxygens (including phenoxy) is 1. The maximum Gasteiger partial charge on any atom is 0.328 e. The third kappa shape index (κ3) is 5.20. The van der Waals surface area contributed by atoms with Crippen LogP contribution in [0.15, 0.2) is 57.5 Å². The summed E-state index contributed by atoms with van der Waals surface area (Å²) >= 11 is 6.77. The first-order valence-electron chi connectivity index (χ1n) is 9.99. The predicted octanol–water partition coefficient (Wildman–Crippen LogP) is 3.78. The Hall–Kier alpha value is -2.69. The van der Waals surface area contributed by atoms with Crippen molar-refractivity contribution < 1.29 is 19.1 Å². The molecular formula is C22H20Br2N4O4. The number of nitrogens with zero attached hydrogens (tertiary/aromatic N) is 1. The van der Waals surface area contributed by atoms with Crippen molar-refractivity contribution in [3.05, 3.63) is 63.2 Å². The van der Waals surface area contributed by atoms with Gasteiger partial charge >= 0.3 is 11.8 Å². The van der Waals surface area contributed by atoms with E-state index in [9.17, 15) is 14.4 Å². The second-order valence-electron chi connectivity index (χ2n) is 7.32. The van der Waals surface area contributed by atoms with Gasteiger partial charge in [0.05, 0.1) is 11.6 Å². The number of carbonyl (C=O) groups is 3. The first-order chi connectivity index (χ1) is 15.4. The molecule has 1 aromatic heterocycles. The highest BCUT2D eigenvalue weighted by molar-refractivity contribution is 9.10. The molecule has 1 fully saturated rings. The summed E-state index contributed by atoms with van der Waals surface area (Å²) in [5.74, 6) is -2.10. The number of carbonyl (C=O) groups excluding carboxylic acids is 3. The summed E-state index contributed by atoms with van der Waals surface area (Å²) in [4.78, 5) is 37.9. The topological polar surface area (TPSA) is 101 Å². The van der Waals surface area contributed by atoms with Gasteiger partial charge in [0, 0.05) is 33.2 Å². The number of halogens is 2. The predicted molar refractivity (Wildman–Crippen MR) is 128 cm³/mol. The molecule has 0 spiro atoms. The van der Waals surface area contributed by atoms with E-state index >= 15 is 0 Å². The Balaban J connectivity index is 1.56. The number of nitrogens with one attached hydrogen (secondary N) is 3. The van der Waals surface area contributed by atoms with Crippen LogP contribution in [0.1, 0.15) is 23.3 Å². The van der Waals surface area contributed by atoms with E-state index in [0.29, 0.717) is 17.8 Å². The van der Waals surface area contributed by atoms with E-state index in [1.807, 2.05) is 18.2 Å². The van der Waals surface area contributed by atoms with Crippen LogP contribution in [0.4, 0.5) is 5.69 Å². The molecule has 1 saturated heterocycles. The van der Waals surface area contributed by atoms with Gasteiger partial charge in [0.1, 0.15) is 5.69 Å². The van der Waals surface area contributed by atoms with Crippen LogP contribution < -0.4 is 16.1 Å². The quantitative estimate of drug-likeness (QED) is 0.411. The van der Waals surface area contributed by atoms with E-state index in [1.54, 1.807) is 30.3 Å². The molecule has 3 amide bonds. The Morgan fingerprint density at radius 1 is 1.00 bits per heavy atom. The monoisotopic (exact) mass is 562 g/mol. The highest BCUT2D eigenvalue weighted by Crippen LogP contribution is 2.24. The smallest absolute Gasteiger partial charge is 0.328 e. The standard InChI is InChI=1S/C22H20Br2N4O4/c23-14-3-6-16(7-4-14)26-20(29)19-11-13-10-15(24)5-8-18(13)28(19)27-22(31)21(30)25-12-17-2-1-9-32-17/h3-8,10-11,17H,1-2,9,12H2,(H,25,30)(H,26,29)(H,27,31)/t17-/m0/s1. The average Bonchev–Trinajstić information content (AvgIpc) is 3.41. The van der Waals surface area contributed by atoms with Gasteiger partial charge in [0.25, 0.3) is 5.91 Å². The van der Waals surface area contributed by atoms with Crippen molar-refractivity contribution in [2.45, 2.75) is 18.9 Å². The SMILES string of the molecule is O=C(NC[C@@H]1CCCO1)C(=O)Nn1c(C(=O)Nc2ccc(Br)cc2)cc2cc(Br)ccc21. The lowest BCUT2D eigenvalue weighted by atomic mass is 10.2. The molecule has 2 heterocycles. The highest BCUT2D eigenvalue weighted by Gasteiger charge is 2.23. The fourth-order valence-corrected chi connectivity index (χ4v) is 4.09. The zero-order valence-corrected chi connectivity index (χ0v) is 20.0. The summed E-state index contributed by atoms with van der Waals surface area (Å²) in [5, 5.41) is 6.11. The van der Waals surface area contributed by atoms with Gasteiger partial charge < -0.3 is 15.4 Å². The molecule has 2 aromatic carbocycles. The minimum Gasteiger partial charge on any atom is -0.376 e. The summed E-state index contributed by atoms with van der Waals surface area (Å²) in [6.45, 7) is 0.928. The molecule has 3 N–H and O–H groups in total. The van der Waals surface area contributed by atoms with Gasteiger partial charge in [0.2, 0.25) is 0 Å². The highest BCUT2D eigenvalue weighted by atomic mass is 79.9. The number of anilines is 1. The molecule has 1 aliphatic rings. The van der Waals surface area contributed by atoms with Crippen LogP contribution in [0, 0.1) is 0 Å². The van der Waals surface area contributed by atoms with E-state index in [-0.39, 0.29) is 18.3 Å².